The smallest absolute Gasteiger partial charge is 0.269 e. The molecule has 0 unspecified atom stereocenters. The minimum atomic E-state index is -0.194. The fourth-order valence-corrected chi connectivity index (χ4v) is 1.63. The molecule has 4 N–H and O–H groups in total. The molecule has 0 saturated carbocycles. The maximum atomic E-state index is 11.9. The molecule has 0 aromatic heterocycles. The summed E-state index contributed by atoms with van der Waals surface area (Å²) in [6.07, 6.45) is 0. The van der Waals surface area contributed by atoms with Crippen molar-refractivity contribution in [2.45, 2.75) is 6.92 Å². The van der Waals surface area contributed by atoms with E-state index in [0.717, 1.165) is 18.7 Å². The molecule has 0 fully saturated rings. The number of hydrogen-bond acceptors (Lipinski definition) is 2. The topological polar surface area (TPSA) is 57.6 Å². The van der Waals surface area contributed by atoms with E-state index in [4.69, 9.17) is 12.2 Å². The van der Waals surface area contributed by atoms with E-state index in [1.807, 2.05) is 25.1 Å². The summed E-state index contributed by atoms with van der Waals surface area (Å²) in [5.74, 6) is -0.194. The van der Waals surface area contributed by atoms with Crippen LogP contribution in [0.2, 0.25) is 0 Å². The highest BCUT2D eigenvalue weighted by Gasteiger charge is 2.07. The number of rotatable bonds is 4. The zero-order chi connectivity index (χ0) is 14.3. The van der Waals surface area contributed by atoms with Crippen LogP contribution in [0.3, 0.4) is 0 Å². The molecular formula is C13H21N4OS+. The molecule has 1 rings (SSSR count). The Labute approximate surface area is 119 Å². The predicted octanol–water partition coefficient (Wildman–Crippen LogP) is -0.752. The summed E-state index contributed by atoms with van der Waals surface area (Å²) in [7, 11) is 4.14. The van der Waals surface area contributed by atoms with Gasteiger partial charge in [-0.2, -0.15) is 0 Å². The summed E-state index contributed by atoms with van der Waals surface area (Å²) < 4.78 is 0. The van der Waals surface area contributed by atoms with E-state index in [-0.39, 0.29) is 5.91 Å². The Morgan fingerprint density at radius 1 is 1.26 bits per heavy atom. The first kappa shape index (κ1) is 15.4. The van der Waals surface area contributed by atoms with Crippen LogP contribution in [0.1, 0.15) is 15.9 Å². The van der Waals surface area contributed by atoms with Crippen molar-refractivity contribution in [1.29, 1.82) is 0 Å². The number of likely N-dealkylation sites (N-methyl/N-ethyl adjacent to an activating group) is 1. The van der Waals surface area contributed by atoms with Crippen molar-refractivity contribution in [3.8, 4) is 0 Å². The zero-order valence-corrected chi connectivity index (χ0v) is 12.4. The first-order valence-corrected chi connectivity index (χ1v) is 6.60. The Hall–Kier alpha value is -1.66. The number of thiocarbonyl (C=S) groups is 1. The maximum Gasteiger partial charge on any atom is 0.269 e. The number of carbonyl (C=O) groups excluding carboxylic acids is 1. The molecule has 19 heavy (non-hydrogen) atoms. The molecule has 0 atom stereocenters. The third kappa shape index (κ3) is 5.67. The van der Waals surface area contributed by atoms with Gasteiger partial charge < -0.3 is 10.2 Å². The van der Waals surface area contributed by atoms with Gasteiger partial charge in [0.05, 0.1) is 27.2 Å². The van der Waals surface area contributed by atoms with Crippen LogP contribution in [0.5, 0.6) is 0 Å². The van der Waals surface area contributed by atoms with E-state index in [0.29, 0.717) is 10.7 Å². The van der Waals surface area contributed by atoms with Crippen LogP contribution >= 0.6 is 12.2 Å². The lowest BCUT2D eigenvalue weighted by Gasteiger charge is -2.13. The molecule has 0 bridgehead atoms. The Morgan fingerprint density at radius 2 is 1.95 bits per heavy atom. The van der Waals surface area contributed by atoms with Crippen molar-refractivity contribution in [2.24, 2.45) is 0 Å². The van der Waals surface area contributed by atoms with E-state index in [2.05, 4.69) is 30.3 Å². The molecule has 0 radical (unpaired) electrons. The third-order valence-electron chi connectivity index (χ3n) is 2.59. The average Bonchev–Trinajstić information content (AvgIpc) is 2.36. The van der Waals surface area contributed by atoms with Gasteiger partial charge in [0.2, 0.25) is 0 Å². The normalized spacial score (nSPS) is 10.1. The summed E-state index contributed by atoms with van der Waals surface area (Å²) in [5.41, 5.74) is 6.83. The molecule has 6 heteroatoms. The highest BCUT2D eigenvalue weighted by Crippen LogP contribution is 2.05. The van der Waals surface area contributed by atoms with Gasteiger partial charge >= 0.3 is 0 Å². The van der Waals surface area contributed by atoms with Crippen molar-refractivity contribution >= 4 is 23.2 Å². The highest BCUT2D eigenvalue weighted by molar-refractivity contribution is 7.80. The number of nitrogens with one attached hydrogen (secondary N) is 4. The van der Waals surface area contributed by atoms with Crippen molar-refractivity contribution < 1.29 is 9.69 Å². The van der Waals surface area contributed by atoms with E-state index in [9.17, 15) is 4.79 Å². The monoisotopic (exact) mass is 281 g/mol. The van der Waals surface area contributed by atoms with Gasteiger partial charge in [-0.05, 0) is 30.8 Å². The Kier molecular flexibility index (Phi) is 6.24. The second-order valence-electron chi connectivity index (χ2n) is 4.61. The molecule has 0 spiro atoms. The lowest BCUT2D eigenvalue weighted by molar-refractivity contribution is -0.856. The second kappa shape index (κ2) is 7.70. The molecule has 0 saturated heterocycles. The van der Waals surface area contributed by atoms with Gasteiger partial charge in [-0.3, -0.25) is 15.6 Å². The number of carbonyl (C=O) groups is 1. The largest absolute Gasteiger partial charge is 0.356 e. The molecule has 0 aliphatic heterocycles. The van der Waals surface area contributed by atoms with E-state index in [1.54, 1.807) is 6.07 Å². The van der Waals surface area contributed by atoms with Gasteiger partial charge in [-0.25, -0.2) is 0 Å². The van der Waals surface area contributed by atoms with Crippen molar-refractivity contribution in [3.63, 3.8) is 0 Å². The fourth-order valence-electron chi connectivity index (χ4n) is 1.48. The molecule has 1 aromatic rings. The summed E-state index contributed by atoms with van der Waals surface area (Å²) in [4.78, 5) is 13.2. The fraction of sp³-hybridized carbons (Fsp3) is 0.385. The van der Waals surface area contributed by atoms with Gasteiger partial charge in [0.1, 0.15) is 0 Å². The van der Waals surface area contributed by atoms with E-state index < -0.39 is 0 Å². The van der Waals surface area contributed by atoms with E-state index in [1.165, 1.54) is 4.90 Å². The molecule has 5 nitrogen and oxygen atoms in total. The van der Waals surface area contributed by atoms with E-state index >= 15 is 0 Å². The van der Waals surface area contributed by atoms with Crippen molar-refractivity contribution in [1.82, 2.24) is 16.2 Å². The maximum absolute atomic E-state index is 11.9. The summed E-state index contributed by atoms with van der Waals surface area (Å²) in [5, 5.41) is 3.44. The van der Waals surface area contributed by atoms with Gasteiger partial charge in [0.15, 0.2) is 5.11 Å². The molecule has 0 aliphatic carbocycles. The lowest BCUT2D eigenvalue weighted by Crippen LogP contribution is -3.06. The standard InChI is InChI=1S/C13H20N4OS/c1-10-6-4-5-7-11(10)12(18)15-16-13(19)14-8-9-17(2)3/h4-7H,8-9H2,1-3H3,(H,15,18)(H2,14,16,19)/p+1. The summed E-state index contributed by atoms with van der Waals surface area (Å²) in [6.45, 7) is 3.60. The average molecular weight is 281 g/mol. The summed E-state index contributed by atoms with van der Waals surface area (Å²) >= 11 is 5.06. The Bertz CT molecular complexity index is 448. The quantitative estimate of drug-likeness (QED) is 0.433. The van der Waals surface area contributed by atoms with Crippen LogP contribution in [0.15, 0.2) is 24.3 Å². The molecule has 104 valence electrons. The number of hydrazine groups is 1. The SMILES string of the molecule is Cc1ccccc1C(=O)NNC(=S)NCC[NH+](C)C. The molecule has 1 amide bonds. The highest BCUT2D eigenvalue weighted by atomic mass is 32.1. The number of quaternary nitrogens is 1. The third-order valence-corrected chi connectivity index (χ3v) is 2.84. The minimum Gasteiger partial charge on any atom is -0.356 e. The Balaban J connectivity index is 2.34. The first-order valence-electron chi connectivity index (χ1n) is 6.19. The van der Waals surface area contributed by atoms with Crippen molar-refractivity contribution in [3.05, 3.63) is 35.4 Å². The molecular weight excluding hydrogens is 260 g/mol. The van der Waals surface area contributed by atoms with Gasteiger partial charge in [-0.15, -0.1) is 0 Å². The predicted molar refractivity (Wildman–Crippen MR) is 80.1 cm³/mol. The first-order chi connectivity index (χ1) is 9.00. The van der Waals surface area contributed by atoms with Crippen LogP contribution in [-0.2, 0) is 0 Å². The summed E-state index contributed by atoms with van der Waals surface area (Å²) in [6, 6.07) is 7.40. The number of hydrogen-bond donors (Lipinski definition) is 4. The van der Waals surface area contributed by atoms with Crippen LogP contribution in [0, 0.1) is 6.92 Å². The van der Waals surface area contributed by atoms with Crippen LogP contribution in [-0.4, -0.2) is 38.2 Å². The van der Waals surface area contributed by atoms with Crippen LogP contribution in [0.4, 0.5) is 0 Å². The van der Waals surface area contributed by atoms with Crippen LogP contribution < -0.4 is 21.1 Å². The van der Waals surface area contributed by atoms with Gasteiger partial charge in [0.25, 0.3) is 5.91 Å². The van der Waals surface area contributed by atoms with Crippen molar-refractivity contribution in [2.75, 3.05) is 27.2 Å². The molecule has 1 aromatic carbocycles. The number of amides is 1. The molecule has 0 heterocycles. The second-order valence-corrected chi connectivity index (χ2v) is 5.02. The minimum absolute atomic E-state index is 0.194. The van der Waals surface area contributed by atoms with Crippen LogP contribution in [0.25, 0.3) is 0 Å². The lowest BCUT2D eigenvalue weighted by atomic mass is 10.1. The zero-order valence-electron chi connectivity index (χ0n) is 11.5. The number of aryl methyl sites for hydroxylation is 1. The number of benzene rings is 1. The Morgan fingerprint density at radius 3 is 2.58 bits per heavy atom. The van der Waals surface area contributed by atoms with Gasteiger partial charge in [0, 0.05) is 5.56 Å². The molecule has 0 aliphatic rings. The van der Waals surface area contributed by atoms with Gasteiger partial charge in [-0.1, -0.05) is 18.2 Å².